The molecule has 3 aromatic rings. The minimum atomic E-state index is -0.0442. The molecule has 146 valence electrons. The van der Waals surface area contributed by atoms with Crippen LogP contribution in [0.3, 0.4) is 0 Å². The molecular formula is C23H28N4O. The molecule has 0 saturated carbocycles. The van der Waals surface area contributed by atoms with Crippen molar-refractivity contribution in [2.75, 3.05) is 19.6 Å². The summed E-state index contributed by atoms with van der Waals surface area (Å²) in [6.07, 6.45) is 4.54. The van der Waals surface area contributed by atoms with E-state index in [4.69, 9.17) is 0 Å². The first kappa shape index (κ1) is 19.8. The molecule has 0 fully saturated rings. The van der Waals surface area contributed by atoms with Crippen molar-refractivity contribution in [2.45, 2.75) is 26.3 Å². The Labute approximate surface area is 167 Å². The molecule has 0 aliphatic rings. The van der Waals surface area contributed by atoms with E-state index >= 15 is 0 Å². The molecule has 1 amide bonds. The van der Waals surface area contributed by atoms with E-state index < -0.39 is 0 Å². The molecule has 2 aromatic carbocycles. The average molecular weight is 377 g/mol. The van der Waals surface area contributed by atoms with Crippen molar-refractivity contribution in [3.8, 4) is 5.69 Å². The summed E-state index contributed by atoms with van der Waals surface area (Å²) in [7, 11) is 0. The van der Waals surface area contributed by atoms with Gasteiger partial charge in [-0.2, -0.15) is 5.10 Å². The Morgan fingerprint density at radius 3 is 2.36 bits per heavy atom. The van der Waals surface area contributed by atoms with Crippen LogP contribution in [0.25, 0.3) is 5.69 Å². The standard InChI is InChI=1S/C23H28N4O/c1-3-26(4-2)22(17-19-9-6-5-7-10-19)18-24-23(28)20-11-13-21(14-12-20)27-16-8-15-25-27/h5-16,22H,3-4,17-18H2,1-2H3,(H,24,28). The van der Waals surface area contributed by atoms with Crippen LogP contribution in [0.1, 0.15) is 29.8 Å². The summed E-state index contributed by atoms with van der Waals surface area (Å²) in [5.74, 6) is -0.0442. The van der Waals surface area contributed by atoms with Gasteiger partial charge in [-0.3, -0.25) is 9.69 Å². The average Bonchev–Trinajstić information content (AvgIpc) is 3.28. The quantitative estimate of drug-likeness (QED) is 0.621. The molecule has 0 radical (unpaired) electrons. The van der Waals surface area contributed by atoms with Crippen molar-refractivity contribution in [1.29, 1.82) is 0 Å². The van der Waals surface area contributed by atoms with Gasteiger partial charge < -0.3 is 5.32 Å². The Bertz CT molecular complexity index is 840. The molecule has 1 N–H and O–H groups in total. The van der Waals surface area contributed by atoms with Gasteiger partial charge in [0, 0.05) is 30.5 Å². The molecule has 5 heteroatoms. The van der Waals surface area contributed by atoms with Crippen LogP contribution in [0.5, 0.6) is 0 Å². The van der Waals surface area contributed by atoms with Crippen molar-refractivity contribution in [3.05, 3.63) is 84.2 Å². The van der Waals surface area contributed by atoms with Crippen molar-refractivity contribution in [1.82, 2.24) is 20.0 Å². The third kappa shape index (κ3) is 5.08. The fraction of sp³-hybridized carbons (Fsp3) is 0.304. The van der Waals surface area contributed by atoms with Crippen molar-refractivity contribution < 1.29 is 4.79 Å². The van der Waals surface area contributed by atoms with Crippen molar-refractivity contribution in [2.24, 2.45) is 0 Å². The smallest absolute Gasteiger partial charge is 0.251 e. The molecule has 1 atom stereocenters. The fourth-order valence-corrected chi connectivity index (χ4v) is 3.46. The van der Waals surface area contributed by atoms with Gasteiger partial charge in [-0.05, 0) is 55.4 Å². The second kappa shape index (κ2) is 9.85. The number of amides is 1. The molecule has 3 rings (SSSR count). The van der Waals surface area contributed by atoms with E-state index in [0.29, 0.717) is 12.1 Å². The van der Waals surface area contributed by atoms with E-state index in [-0.39, 0.29) is 11.9 Å². The number of hydrogen-bond donors (Lipinski definition) is 1. The summed E-state index contributed by atoms with van der Waals surface area (Å²) < 4.78 is 1.78. The number of carbonyl (C=O) groups excluding carboxylic acids is 1. The normalized spacial score (nSPS) is 12.1. The van der Waals surface area contributed by atoms with E-state index in [1.807, 2.05) is 42.6 Å². The van der Waals surface area contributed by atoms with Crippen LogP contribution < -0.4 is 5.32 Å². The highest BCUT2D eigenvalue weighted by Gasteiger charge is 2.18. The van der Waals surface area contributed by atoms with Crippen LogP contribution in [0.15, 0.2) is 73.1 Å². The maximum Gasteiger partial charge on any atom is 0.251 e. The Kier molecular flexibility index (Phi) is 6.98. The molecule has 5 nitrogen and oxygen atoms in total. The molecule has 0 saturated heterocycles. The Morgan fingerprint density at radius 1 is 1.04 bits per heavy atom. The van der Waals surface area contributed by atoms with Gasteiger partial charge >= 0.3 is 0 Å². The van der Waals surface area contributed by atoms with Crippen molar-refractivity contribution in [3.63, 3.8) is 0 Å². The highest BCUT2D eigenvalue weighted by molar-refractivity contribution is 5.94. The van der Waals surface area contributed by atoms with Crippen LogP contribution >= 0.6 is 0 Å². The molecule has 1 unspecified atom stereocenters. The van der Waals surface area contributed by atoms with Gasteiger partial charge in [-0.15, -0.1) is 0 Å². The maximum absolute atomic E-state index is 12.6. The van der Waals surface area contributed by atoms with Crippen LogP contribution in [-0.2, 0) is 6.42 Å². The van der Waals surface area contributed by atoms with Crippen LogP contribution in [0.4, 0.5) is 0 Å². The lowest BCUT2D eigenvalue weighted by Gasteiger charge is -2.30. The first-order valence-corrected chi connectivity index (χ1v) is 9.87. The van der Waals surface area contributed by atoms with E-state index in [2.05, 4.69) is 53.4 Å². The number of benzene rings is 2. The lowest BCUT2D eigenvalue weighted by atomic mass is 10.0. The Hall–Kier alpha value is -2.92. The summed E-state index contributed by atoms with van der Waals surface area (Å²) in [4.78, 5) is 15.0. The van der Waals surface area contributed by atoms with Gasteiger partial charge in [0.05, 0.1) is 5.69 Å². The highest BCUT2D eigenvalue weighted by atomic mass is 16.1. The number of rotatable bonds is 9. The topological polar surface area (TPSA) is 50.2 Å². The van der Waals surface area contributed by atoms with Gasteiger partial charge in [0.15, 0.2) is 0 Å². The van der Waals surface area contributed by atoms with Gasteiger partial charge in [0.2, 0.25) is 0 Å². The number of aromatic nitrogens is 2. The predicted molar refractivity (Wildman–Crippen MR) is 113 cm³/mol. The minimum absolute atomic E-state index is 0.0442. The molecule has 1 aromatic heterocycles. The molecule has 0 aliphatic heterocycles. The third-order valence-corrected chi connectivity index (χ3v) is 5.04. The second-order valence-electron chi connectivity index (χ2n) is 6.77. The number of nitrogens with zero attached hydrogens (tertiary/aromatic N) is 3. The van der Waals surface area contributed by atoms with Crippen LogP contribution in [0.2, 0.25) is 0 Å². The first-order chi connectivity index (χ1) is 13.7. The zero-order chi connectivity index (χ0) is 19.8. The minimum Gasteiger partial charge on any atom is -0.350 e. The zero-order valence-electron chi connectivity index (χ0n) is 16.6. The first-order valence-electron chi connectivity index (χ1n) is 9.87. The highest BCUT2D eigenvalue weighted by Crippen LogP contribution is 2.11. The lowest BCUT2D eigenvalue weighted by Crippen LogP contribution is -2.45. The number of likely N-dealkylation sites (N-methyl/N-ethyl adjacent to an activating group) is 1. The SMILES string of the molecule is CCN(CC)C(CNC(=O)c1ccc(-n2cccn2)cc1)Cc1ccccc1. The molecular weight excluding hydrogens is 348 g/mol. The summed E-state index contributed by atoms with van der Waals surface area (Å²) in [5, 5.41) is 7.33. The van der Waals surface area contributed by atoms with Crippen LogP contribution in [-0.4, -0.2) is 46.3 Å². The molecule has 0 aliphatic carbocycles. The predicted octanol–water partition coefficient (Wildman–Crippen LogP) is 3.56. The second-order valence-corrected chi connectivity index (χ2v) is 6.77. The van der Waals surface area contributed by atoms with Gasteiger partial charge in [0.1, 0.15) is 0 Å². The number of carbonyl (C=O) groups is 1. The van der Waals surface area contributed by atoms with Crippen molar-refractivity contribution >= 4 is 5.91 Å². The largest absolute Gasteiger partial charge is 0.350 e. The lowest BCUT2D eigenvalue weighted by molar-refractivity contribution is 0.0934. The van der Waals surface area contributed by atoms with E-state index in [1.54, 1.807) is 10.9 Å². The summed E-state index contributed by atoms with van der Waals surface area (Å²) in [5.41, 5.74) is 2.89. The van der Waals surface area contributed by atoms with Gasteiger partial charge in [-0.1, -0.05) is 44.2 Å². The van der Waals surface area contributed by atoms with Gasteiger partial charge in [0.25, 0.3) is 5.91 Å². The molecule has 0 spiro atoms. The van der Waals surface area contributed by atoms with E-state index in [1.165, 1.54) is 5.56 Å². The fourth-order valence-electron chi connectivity index (χ4n) is 3.46. The number of nitrogens with one attached hydrogen (secondary N) is 1. The maximum atomic E-state index is 12.6. The summed E-state index contributed by atoms with van der Waals surface area (Å²) in [6, 6.07) is 20.1. The monoisotopic (exact) mass is 376 g/mol. The Morgan fingerprint density at radius 2 is 1.75 bits per heavy atom. The molecule has 1 heterocycles. The van der Waals surface area contributed by atoms with Gasteiger partial charge in [-0.25, -0.2) is 4.68 Å². The van der Waals surface area contributed by atoms with Crippen LogP contribution in [0, 0.1) is 0 Å². The van der Waals surface area contributed by atoms with E-state index in [9.17, 15) is 4.79 Å². The Balaban J connectivity index is 1.64. The number of hydrogen-bond acceptors (Lipinski definition) is 3. The third-order valence-electron chi connectivity index (χ3n) is 5.04. The summed E-state index contributed by atoms with van der Waals surface area (Å²) >= 11 is 0. The molecule has 28 heavy (non-hydrogen) atoms. The zero-order valence-corrected chi connectivity index (χ0v) is 16.6. The summed E-state index contributed by atoms with van der Waals surface area (Å²) in [6.45, 7) is 6.87. The molecule has 0 bridgehead atoms. The van der Waals surface area contributed by atoms with E-state index in [0.717, 1.165) is 25.2 Å².